The van der Waals surface area contributed by atoms with Crippen molar-refractivity contribution < 1.29 is 0 Å². The number of para-hydroxylation sites is 3. The van der Waals surface area contributed by atoms with E-state index in [0.717, 1.165) is 0 Å². The first-order valence-corrected chi connectivity index (χ1v) is 15.6. The molecule has 0 spiro atoms. The van der Waals surface area contributed by atoms with Crippen molar-refractivity contribution in [3.8, 4) is 16.8 Å². The van der Waals surface area contributed by atoms with Gasteiger partial charge in [0.1, 0.15) is 0 Å². The van der Waals surface area contributed by atoms with Gasteiger partial charge in [0.2, 0.25) is 0 Å². The van der Waals surface area contributed by atoms with E-state index in [1.54, 1.807) is 0 Å². The SMILES string of the molecule is Cn1c2ccccc2c2c(-n3c4ccccc4c4c(-c5cccc6c5ccc5c6c6ccccc6n5C)cccc43)cccc21. The number of aryl methyl sites for hydroxylation is 2. The highest BCUT2D eigenvalue weighted by atomic mass is 15.0. The van der Waals surface area contributed by atoms with Crippen LogP contribution in [0.1, 0.15) is 0 Å². The fraction of sp³-hybridized carbons (Fsp3) is 0.0476. The fourth-order valence-corrected chi connectivity index (χ4v) is 8.13. The lowest BCUT2D eigenvalue weighted by molar-refractivity contribution is 1.01. The standard InChI is InChI=1S/C42H29N3/c1-43-34-19-7-4-13-31(34)42-36(43)21-11-23-39(42)45-35-20-8-5-14-32(35)41-28(17-10-22-38(41)45)26-15-9-16-29-27(26)24-25-37-40(29)30-12-3-6-18-33(30)44(37)2/h3-25H,1-2H3. The molecule has 0 aliphatic heterocycles. The van der Waals surface area contributed by atoms with Gasteiger partial charge in [-0.2, -0.15) is 0 Å². The third-order valence-corrected chi connectivity index (χ3v) is 10.1. The first-order chi connectivity index (χ1) is 22.2. The molecule has 0 saturated heterocycles. The van der Waals surface area contributed by atoms with E-state index in [2.05, 4.69) is 167 Å². The van der Waals surface area contributed by atoms with Gasteiger partial charge in [-0.15, -0.1) is 0 Å². The maximum atomic E-state index is 2.48. The van der Waals surface area contributed by atoms with E-state index in [4.69, 9.17) is 0 Å². The third-order valence-electron chi connectivity index (χ3n) is 10.1. The Hall–Kier alpha value is -5.80. The zero-order valence-corrected chi connectivity index (χ0v) is 25.1. The highest BCUT2D eigenvalue weighted by Crippen LogP contribution is 2.44. The van der Waals surface area contributed by atoms with Crippen LogP contribution in [-0.2, 0) is 14.1 Å². The Labute approximate surface area is 259 Å². The van der Waals surface area contributed by atoms with Gasteiger partial charge in [-0.05, 0) is 64.4 Å². The van der Waals surface area contributed by atoms with Crippen LogP contribution in [0.15, 0.2) is 140 Å². The number of rotatable bonds is 2. The summed E-state index contributed by atoms with van der Waals surface area (Å²) in [6, 6.07) is 51.4. The van der Waals surface area contributed by atoms with Crippen LogP contribution in [0.3, 0.4) is 0 Å². The van der Waals surface area contributed by atoms with Crippen molar-refractivity contribution in [1.29, 1.82) is 0 Å². The zero-order valence-electron chi connectivity index (χ0n) is 25.1. The minimum Gasteiger partial charge on any atom is -0.344 e. The fourth-order valence-electron chi connectivity index (χ4n) is 8.13. The topological polar surface area (TPSA) is 14.8 Å². The molecular formula is C42H29N3. The Morgan fingerprint density at radius 1 is 0.311 bits per heavy atom. The van der Waals surface area contributed by atoms with E-state index >= 15 is 0 Å². The average Bonchev–Trinajstić information content (AvgIpc) is 3.70. The van der Waals surface area contributed by atoms with Crippen molar-refractivity contribution in [2.24, 2.45) is 14.1 Å². The first-order valence-electron chi connectivity index (χ1n) is 15.6. The van der Waals surface area contributed by atoms with Crippen LogP contribution in [-0.4, -0.2) is 13.7 Å². The van der Waals surface area contributed by atoms with Gasteiger partial charge < -0.3 is 13.7 Å². The summed E-state index contributed by atoms with van der Waals surface area (Å²) < 4.78 is 7.12. The summed E-state index contributed by atoms with van der Waals surface area (Å²) in [5, 5.41) is 10.3. The molecule has 3 heteroatoms. The molecule has 3 heterocycles. The largest absolute Gasteiger partial charge is 0.344 e. The molecule has 0 aliphatic carbocycles. The molecule has 7 aromatic carbocycles. The van der Waals surface area contributed by atoms with Gasteiger partial charge in [-0.25, -0.2) is 0 Å². The van der Waals surface area contributed by atoms with Crippen molar-refractivity contribution in [3.63, 3.8) is 0 Å². The summed E-state index contributed by atoms with van der Waals surface area (Å²) in [5.74, 6) is 0. The van der Waals surface area contributed by atoms with Crippen LogP contribution in [0, 0.1) is 0 Å². The van der Waals surface area contributed by atoms with Gasteiger partial charge in [-0.3, -0.25) is 0 Å². The Balaban J connectivity index is 1.33. The second kappa shape index (κ2) is 8.87. The maximum absolute atomic E-state index is 2.48. The molecule has 0 unspecified atom stereocenters. The minimum atomic E-state index is 1.21. The maximum Gasteiger partial charge on any atom is 0.0562 e. The quantitative estimate of drug-likeness (QED) is 0.195. The molecule has 0 N–H and O–H groups in total. The highest BCUT2D eigenvalue weighted by molar-refractivity contribution is 6.25. The molecule has 0 bridgehead atoms. The number of fused-ring (bicyclic) bond motifs is 11. The summed E-state index contributed by atoms with van der Waals surface area (Å²) in [6.45, 7) is 0. The van der Waals surface area contributed by atoms with Gasteiger partial charge in [0.05, 0.1) is 22.2 Å². The molecule has 3 nitrogen and oxygen atoms in total. The predicted octanol–water partition coefficient (Wildman–Crippen LogP) is 10.9. The van der Waals surface area contributed by atoms with Crippen LogP contribution < -0.4 is 0 Å². The lowest BCUT2D eigenvalue weighted by Crippen LogP contribution is -1.95. The summed E-state index contributed by atoms with van der Waals surface area (Å²) in [4.78, 5) is 0. The number of hydrogen-bond donors (Lipinski definition) is 0. The summed E-state index contributed by atoms with van der Waals surface area (Å²) in [7, 11) is 4.35. The van der Waals surface area contributed by atoms with Crippen molar-refractivity contribution in [2.75, 3.05) is 0 Å². The van der Waals surface area contributed by atoms with E-state index in [1.807, 2.05) is 0 Å². The zero-order chi connectivity index (χ0) is 29.8. The van der Waals surface area contributed by atoms with Gasteiger partial charge >= 0.3 is 0 Å². The molecule has 0 aliphatic rings. The second-order valence-corrected chi connectivity index (χ2v) is 12.2. The Morgan fingerprint density at radius 2 is 0.822 bits per heavy atom. The molecule has 0 atom stereocenters. The van der Waals surface area contributed by atoms with E-state index in [9.17, 15) is 0 Å². The Bertz CT molecular complexity index is 2840. The van der Waals surface area contributed by atoms with Crippen LogP contribution in [0.25, 0.3) is 93.0 Å². The van der Waals surface area contributed by atoms with E-state index in [1.165, 1.54) is 93.0 Å². The van der Waals surface area contributed by atoms with E-state index in [0.29, 0.717) is 0 Å². The summed E-state index contributed by atoms with van der Waals surface area (Å²) >= 11 is 0. The molecule has 0 radical (unpaired) electrons. The first kappa shape index (κ1) is 24.6. The Morgan fingerprint density at radius 3 is 1.58 bits per heavy atom. The Kier molecular flexibility index (Phi) is 4.85. The molecule has 10 aromatic rings. The number of nitrogens with zero attached hydrogens (tertiary/aromatic N) is 3. The van der Waals surface area contributed by atoms with Crippen LogP contribution >= 0.6 is 0 Å². The van der Waals surface area contributed by atoms with Crippen molar-refractivity contribution in [3.05, 3.63) is 140 Å². The molecule has 212 valence electrons. The van der Waals surface area contributed by atoms with Gasteiger partial charge in [-0.1, -0.05) is 97.1 Å². The van der Waals surface area contributed by atoms with Gasteiger partial charge in [0.15, 0.2) is 0 Å². The van der Waals surface area contributed by atoms with E-state index in [-0.39, 0.29) is 0 Å². The smallest absolute Gasteiger partial charge is 0.0562 e. The monoisotopic (exact) mass is 575 g/mol. The third kappa shape index (κ3) is 3.14. The molecule has 45 heavy (non-hydrogen) atoms. The lowest BCUT2D eigenvalue weighted by Gasteiger charge is -2.12. The van der Waals surface area contributed by atoms with Crippen molar-refractivity contribution in [1.82, 2.24) is 13.7 Å². The van der Waals surface area contributed by atoms with Crippen molar-refractivity contribution in [2.45, 2.75) is 0 Å². The number of aromatic nitrogens is 3. The highest BCUT2D eigenvalue weighted by Gasteiger charge is 2.21. The second-order valence-electron chi connectivity index (χ2n) is 12.2. The van der Waals surface area contributed by atoms with E-state index < -0.39 is 0 Å². The predicted molar refractivity (Wildman–Crippen MR) is 192 cm³/mol. The summed E-state index contributed by atoms with van der Waals surface area (Å²) in [5.41, 5.74) is 11.2. The molecule has 0 amide bonds. The van der Waals surface area contributed by atoms with Gasteiger partial charge in [0.25, 0.3) is 0 Å². The van der Waals surface area contributed by atoms with Gasteiger partial charge in [0, 0.05) is 63.0 Å². The number of hydrogen-bond acceptors (Lipinski definition) is 0. The van der Waals surface area contributed by atoms with Crippen LogP contribution in [0.4, 0.5) is 0 Å². The molecule has 3 aromatic heterocycles. The summed E-state index contributed by atoms with van der Waals surface area (Å²) in [6.07, 6.45) is 0. The number of benzene rings is 7. The van der Waals surface area contributed by atoms with Crippen LogP contribution in [0.2, 0.25) is 0 Å². The van der Waals surface area contributed by atoms with Crippen molar-refractivity contribution >= 4 is 76.2 Å². The molecule has 10 rings (SSSR count). The minimum absolute atomic E-state index is 1.21. The van der Waals surface area contributed by atoms with Crippen LogP contribution in [0.5, 0.6) is 0 Å². The normalized spacial score (nSPS) is 12.2. The molecule has 0 fully saturated rings. The molecule has 0 saturated carbocycles. The lowest BCUT2D eigenvalue weighted by atomic mass is 9.93. The molecular weight excluding hydrogens is 546 g/mol. The average molecular weight is 576 g/mol.